The molecule has 0 bridgehead atoms. The van der Waals surface area contributed by atoms with E-state index in [9.17, 15) is 14.7 Å². The summed E-state index contributed by atoms with van der Waals surface area (Å²) in [5, 5.41) is 11.8. The highest BCUT2D eigenvalue weighted by Crippen LogP contribution is 2.44. The number of aryl methyl sites for hydroxylation is 4. The first kappa shape index (κ1) is 24.7. The predicted molar refractivity (Wildman–Crippen MR) is 142 cm³/mol. The molecule has 0 radical (unpaired) electrons. The summed E-state index contributed by atoms with van der Waals surface area (Å²) in [6, 6.07) is 13.0. The van der Waals surface area contributed by atoms with Crippen LogP contribution in [0.3, 0.4) is 0 Å². The molecular formula is C28H31N3O3S. The van der Waals surface area contributed by atoms with Gasteiger partial charge in [-0.2, -0.15) is 0 Å². The number of aromatic nitrogens is 1. The summed E-state index contributed by atoms with van der Waals surface area (Å²) in [6.45, 7) is 13.5. The number of hydrogen-bond donors (Lipinski definition) is 1. The number of benzene rings is 2. The van der Waals surface area contributed by atoms with Crippen LogP contribution in [0, 0.1) is 27.7 Å². The molecule has 1 unspecified atom stereocenters. The van der Waals surface area contributed by atoms with Gasteiger partial charge in [-0.3, -0.25) is 14.5 Å². The van der Waals surface area contributed by atoms with Gasteiger partial charge in [0.1, 0.15) is 0 Å². The second-order valence-corrected chi connectivity index (χ2v) is 10.1. The molecule has 1 N–H and O–H groups in total. The fraction of sp³-hybridized carbons (Fsp3) is 0.321. The van der Waals surface area contributed by atoms with Crippen LogP contribution in [0.1, 0.15) is 57.0 Å². The zero-order chi connectivity index (χ0) is 25.4. The number of amides is 1. The molecule has 2 aromatic carbocycles. The average Bonchev–Trinajstić information content (AvgIpc) is 3.30. The number of Topliss-reactive ketones (excluding diaryl/α,β-unsaturated/α-hetero) is 1. The monoisotopic (exact) mass is 489 g/mol. The fourth-order valence-corrected chi connectivity index (χ4v) is 5.67. The van der Waals surface area contributed by atoms with Gasteiger partial charge in [-0.05, 0) is 70.9 Å². The highest BCUT2D eigenvalue weighted by Gasteiger charge is 2.45. The topological polar surface area (TPSA) is 73.7 Å². The van der Waals surface area contributed by atoms with E-state index in [4.69, 9.17) is 0 Å². The van der Waals surface area contributed by atoms with Crippen LogP contribution in [0.2, 0.25) is 0 Å². The summed E-state index contributed by atoms with van der Waals surface area (Å²) in [5.41, 5.74) is 5.17. The maximum atomic E-state index is 13.8. The molecule has 2 heterocycles. The lowest BCUT2D eigenvalue weighted by atomic mass is 9.94. The van der Waals surface area contributed by atoms with Crippen molar-refractivity contribution in [1.29, 1.82) is 0 Å². The summed E-state index contributed by atoms with van der Waals surface area (Å²) in [4.78, 5) is 35.9. The zero-order valence-corrected chi connectivity index (χ0v) is 21.9. The zero-order valence-electron chi connectivity index (χ0n) is 21.0. The summed E-state index contributed by atoms with van der Waals surface area (Å²) in [6.07, 6.45) is 0. The Morgan fingerprint density at radius 3 is 2.26 bits per heavy atom. The van der Waals surface area contributed by atoms with Gasteiger partial charge in [0, 0.05) is 24.5 Å². The molecule has 35 heavy (non-hydrogen) atoms. The number of thiazole rings is 1. The Morgan fingerprint density at radius 1 is 1.06 bits per heavy atom. The van der Waals surface area contributed by atoms with Crippen LogP contribution in [0.5, 0.6) is 0 Å². The fourth-order valence-electron chi connectivity index (χ4n) is 4.80. The first-order chi connectivity index (χ1) is 16.7. The van der Waals surface area contributed by atoms with Gasteiger partial charge in [0.05, 0.1) is 27.2 Å². The van der Waals surface area contributed by atoms with E-state index in [0.29, 0.717) is 16.3 Å². The predicted octanol–water partition coefficient (Wildman–Crippen LogP) is 6.01. The third-order valence-electron chi connectivity index (χ3n) is 6.51. The second kappa shape index (κ2) is 9.66. The summed E-state index contributed by atoms with van der Waals surface area (Å²) >= 11 is 1.28. The van der Waals surface area contributed by atoms with E-state index in [0.717, 1.165) is 40.5 Å². The first-order valence-corrected chi connectivity index (χ1v) is 12.7. The van der Waals surface area contributed by atoms with E-state index in [1.807, 2.05) is 63.2 Å². The molecule has 182 valence electrons. The molecule has 4 rings (SSSR count). The Hall–Kier alpha value is -3.45. The lowest BCUT2D eigenvalue weighted by Gasteiger charge is -2.29. The highest BCUT2D eigenvalue weighted by atomic mass is 32.1. The molecule has 3 aromatic rings. The van der Waals surface area contributed by atoms with Crippen molar-refractivity contribution >= 4 is 34.4 Å². The van der Waals surface area contributed by atoms with Gasteiger partial charge in [0.2, 0.25) is 5.78 Å². The Bertz CT molecular complexity index is 1320. The number of aliphatic hydroxyl groups is 1. The Kier molecular flexibility index (Phi) is 6.81. The molecule has 1 aromatic heterocycles. The highest BCUT2D eigenvalue weighted by molar-refractivity contribution is 7.14. The van der Waals surface area contributed by atoms with Crippen molar-refractivity contribution in [1.82, 2.24) is 4.98 Å². The lowest BCUT2D eigenvalue weighted by Crippen LogP contribution is -2.31. The molecule has 1 amide bonds. The number of aliphatic hydroxyl groups excluding tert-OH is 1. The number of ketones is 1. The summed E-state index contributed by atoms with van der Waals surface area (Å²) in [5.74, 6) is -1.43. The van der Waals surface area contributed by atoms with Crippen molar-refractivity contribution in [2.24, 2.45) is 0 Å². The molecular weight excluding hydrogens is 458 g/mol. The van der Waals surface area contributed by atoms with E-state index in [-0.39, 0.29) is 11.4 Å². The van der Waals surface area contributed by atoms with Crippen molar-refractivity contribution in [3.05, 3.63) is 86.1 Å². The van der Waals surface area contributed by atoms with Gasteiger partial charge < -0.3 is 10.0 Å². The van der Waals surface area contributed by atoms with Gasteiger partial charge >= 0.3 is 0 Å². The minimum atomic E-state index is -0.746. The van der Waals surface area contributed by atoms with Gasteiger partial charge in [0.15, 0.2) is 5.76 Å². The summed E-state index contributed by atoms with van der Waals surface area (Å²) < 4.78 is 0. The summed E-state index contributed by atoms with van der Waals surface area (Å²) in [7, 11) is 0. The van der Waals surface area contributed by atoms with Crippen LogP contribution >= 0.6 is 11.3 Å². The van der Waals surface area contributed by atoms with Crippen molar-refractivity contribution in [3.63, 3.8) is 0 Å². The van der Waals surface area contributed by atoms with Crippen molar-refractivity contribution in [2.45, 2.75) is 47.6 Å². The molecule has 0 spiro atoms. The van der Waals surface area contributed by atoms with E-state index >= 15 is 0 Å². The molecule has 0 fully saturated rings. The number of hydrogen-bond acceptors (Lipinski definition) is 6. The molecule has 1 aliphatic rings. The third kappa shape index (κ3) is 4.36. The maximum absolute atomic E-state index is 13.8. The Labute approximate surface area is 210 Å². The quantitative estimate of drug-likeness (QED) is 0.412. The van der Waals surface area contributed by atoms with Gasteiger partial charge in [-0.1, -0.05) is 29.8 Å². The van der Waals surface area contributed by atoms with E-state index < -0.39 is 17.7 Å². The van der Waals surface area contributed by atoms with Crippen LogP contribution in [0.25, 0.3) is 0 Å². The Balaban J connectivity index is 1.88. The molecule has 1 aliphatic heterocycles. The van der Waals surface area contributed by atoms with Crippen molar-refractivity contribution in [3.8, 4) is 0 Å². The van der Waals surface area contributed by atoms with Crippen LogP contribution in [-0.4, -0.2) is 34.9 Å². The Morgan fingerprint density at radius 2 is 1.71 bits per heavy atom. The minimum absolute atomic E-state index is 0.0947. The molecule has 0 saturated carbocycles. The SMILES string of the molecule is CCN(CC)c1ccc(C2C(C(=O)c3sc(C)nc3C)=C(O)C(=O)N2c2ccc(C)cc2C)cc1. The average molecular weight is 490 g/mol. The number of anilines is 2. The second-order valence-electron chi connectivity index (χ2n) is 8.87. The standard InChI is InChI=1S/C28H31N3O3S/c1-7-30(8-2)21-12-10-20(11-13-21)24-23(25(32)27-18(5)29-19(6)35-27)26(33)28(34)31(24)22-14-9-16(3)15-17(22)4/h9-15,24,33H,7-8H2,1-6H3. The largest absolute Gasteiger partial charge is 0.503 e. The van der Waals surface area contributed by atoms with Gasteiger partial charge in [-0.15, -0.1) is 11.3 Å². The van der Waals surface area contributed by atoms with Crippen molar-refractivity contribution in [2.75, 3.05) is 22.9 Å². The van der Waals surface area contributed by atoms with Crippen LogP contribution < -0.4 is 9.80 Å². The maximum Gasteiger partial charge on any atom is 0.294 e. The van der Waals surface area contributed by atoms with Gasteiger partial charge in [0.25, 0.3) is 5.91 Å². The van der Waals surface area contributed by atoms with Crippen LogP contribution in [-0.2, 0) is 4.79 Å². The molecule has 6 nitrogen and oxygen atoms in total. The van der Waals surface area contributed by atoms with E-state index in [1.165, 1.54) is 11.3 Å². The van der Waals surface area contributed by atoms with Crippen LogP contribution in [0.15, 0.2) is 53.8 Å². The number of rotatable bonds is 7. The molecule has 1 atom stereocenters. The number of carbonyl (C=O) groups is 2. The lowest BCUT2D eigenvalue weighted by molar-refractivity contribution is -0.117. The van der Waals surface area contributed by atoms with Crippen LogP contribution in [0.4, 0.5) is 11.4 Å². The number of carbonyl (C=O) groups excluding carboxylic acids is 2. The smallest absolute Gasteiger partial charge is 0.294 e. The molecule has 7 heteroatoms. The van der Waals surface area contributed by atoms with E-state index in [1.54, 1.807) is 11.8 Å². The van der Waals surface area contributed by atoms with Crippen molar-refractivity contribution < 1.29 is 14.7 Å². The first-order valence-electron chi connectivity index (χ1n) is 11.8. The minimum Gasteiger partial charge on any atom is -0.503 e. The third-order valence-corrected chi connectivity index (χ3v) is 7.58. The van der Waals surface area contributed by atoms with E-state index in [2.05, 4.69) is 23.7 Å². The normalized spacial score (nSPS) is 15.8. The van der Waals surface area contributed by atoms with Gasteiger partial charge in [-0.25, -0.2) is 4.98 Å². The molecule has 0 saturated heterocycles. The molecule has 0 aliphatic carbocycles. The number of nitrogens with zero attached hydrogens (tertiary/aromatic N) is 3.